The molecule has 0 aliphatic heterocycles. The third-order valence-corrected chi connectivity index (χ3v) is 3.92. The molecule has 0 saturated carbocycles. The average Bonchev–Trinajstić information content (AvgIpc) is 2.22. The first-order valence-corrected chi connectivity index (χ1v) is 6.65. The van der Waals surface area contributed by atoms with Crippen LogP contribution in [0.25, 0.3) is 0 Å². The second kappa shape index (κ2) is 8.32. The molecule has 3 atom stereocenters. The molecule has 0 aromatic heterocycles. The Hall–Kier alpha value is 0. The molecule has 0 saturated heterocycles. The highest BCUT2D eigenvalue weighted by Gasteiger charge is 2.12. The van der Waals surface area contributed by atoms with Crippen LogP contribution in [-0.2, 0) is 0 Å². The van der Waals surface area contributed by atoms with Crippen LogP contribution in [0.3, 0.4) is 0 Å². The van der Waals surface area contributed by atoms with Crippen molar-refractivity contribution in [2.24, 2.45) is 17.8 Å². The van der Waals surface area contributed by atoms with E-state index in [1.165, 1.54) is 38.5 Å². The van der Waals surface area contributed by atoms with Crippen LogP contribution in [0.1, 0.15) is 73.1 Å². The van der Waals surface area contributed by atoms with Gasteiger partial charge in [-0.3, -0.25) is 0 Å². The summed E-state index contributed by atoms with van der Waals surface area (Å²) in [6.07, 6.45) is 8.40. The fraction of sp³-hybridized carbons (Fsp3) is 1.00. The van der Waals surface area contributed by atoms with Crippen LogP contribution in [0.2, 0.25) is 0 Å². The smallest absolute Gasteiger partial charge is 0.0417 e. The highest BCUT2D eigenvalue weighted by atomic mass is 14.2. The van der Waals surface area contributed by atoms with E-state index in [0.29, 0.717) is 0 Å². The first-order valence-electron chi connectivity index (χ1n) is 6.65. The second-order valence-corrected chi connectivity index (χ2v) is 5.00. The van der Waals surface area contributed by atoms with Gasteiger partial charge in [-0.05, 0) is 17.8 Å². The van der Waals surface area contributed by atoms with Gasteiger partial charge in [0.15, 0.2) is 0 Å². The van der Waals surface area contributed by atoms with Crippen molar-refractivity contribution in [2.75, 3.05) is 0 Å². The van der Waals surface area contributed by atoms with Gasteiger partial charge in [-0.25, -0.2) is 0 Å². The molecule has 0 heterocycles. The van der Waals surface area contributed by atoms with Gasteiger partial charge in [-0.1, -0.05) is 73.1 Å². The van der Waals surface area contributed by atoms with Gasteiger partial charge in [-0.15, -0.1) is 0 Å². The second-order valence-electron chi connectivity index (χ2n) is 5.00. The van der Waals surface area contributed by atoms with E-state index < -0.39 is 0 Å². The molecule has 0 aromatic rings. The Morgan fingerprint density at radius 2 is 1.36 bits per heavy atom. The third kappa shape index (κ3) is 5.67. The summed E-state index contributed by atoms with van der Waals surface area (Å²) in [4.78, 5) is 0. The zero-order chi connectivity index (χ0) is 11.0. The summed E-state index contributed by atoms with van der Waals surface area (Å²) in [5.74, 6) is 2.83. The first-order chi connectivity index (χ1) is 6.65. The maximum atomic E-state index is 2.42. The van der Waals surface area contributed by atoms with E-state index in [4.69, 9.17) is 0 Å². The van der Waals surface area contributed by atoms with Gasteiger partial charge in [0.25, 0.3) is 0 Å². The van der Waals surface area contributed by atoms with Crippen LogP contribution in [0.4, 0.5) is 0 Å². The molecule has 0 N–H and O–H groups in total. The van der Waals surface area contributed by atoms with Crippen molar-refractivity contribution in [1.29, 1.82) is 0 Å². The molecule has 14 heavy (non-hydrogen) atoms. The fourth-order valence-electron chi connectivity index (χ4n) is 2.15. The Morgan fingerprint density at radius 3 is 1.79 bits per heavy atom. The molecule has 86 valence electrons. The highest BCUT2D eigenvalue weighted by molar-refractivity contribution is 4.64. The Bertz CT molecular complexity index is 115. The van der Waals surface area contributed by atoms with Crippen molar-refractivity contribution in [1.82, 2.24) is 0 Å². The molecular formula is C14H30. The van der Waals surface area contributed by atoms with Crippen molar-refractivity contribution >= 4 is 0 Å². The molecule has 0 aromatic carbocycles. The molecule has 0 heteroatoms. The van der Waals surface area contributed by atoms with Crippen LogP contribution >= 0.6 is 0 Å². The Balaban J connectivity index is 3.67. The number of hydrogen-bond acceptors (Lipinski definition) is 0. The molecule has 3 unspecified atom stereocenters. The third-order valence-electron chi connectivity index (χ3n) is 3.92. The normalized spacial score (nSPS) is 17.8. The minimum absolute atomic E-state index is 0.911. The molecule has 0 aliphatic carbocycles. The zero-order valence-electron chi connectivity index (χ0n) is 11.0. The summed E-state index contributed by atoms with van der Waals surface area (Å²) >= 11 is 0. The molecule has 0 rings (SSSR count). The summed E-state index contributed by atoms with van der Waals surface area (Å²) in [7, 11) is 0. The molecule has 0 spiro atoms. The van der Waals surface area contributed by atoms with E-state index in [2.05, 4.69) is 34.6 Å². The van der Waals surface area contributed by atoms with Gasteiger partial charge in [0.05, 0.1) is 0 Å². The predicted octanol–water partition coefficient (Wildman–Crippen LogP) is 5.28. The summed E-state index contributed by atoms with van der Waals surface area (Å²) in [5.41, 5.74) is 0. The van der Waals surface area contributed by atoms with E-state index in [1.807, 2.05) is 0 Å². The van der Waals surface area contributed by atoms with E-state index in [-0.39, 0.29) is 0 Å². The Morgan fingerprint density at radius 1 is 0.714 bits per heavy atom. The molecular weight excluding hydrogens is 168 g/mol. The Labute approximate surface area is 91.5 Å². The van der Waals surface area contributed by atoms with Gasteiger partial charge in [-0.2, -0.15) is 0 Å². The first kappa shape index (κ1) is 14.0. The lowest BCUT2D eigenvalue weighted by molar-refractivity contribution is 0.307. The summed E-state index contributed by atoms with van der Waals surface area (Å²) in [6.45, 7) is 11.8. The average molecular weight is 198 g/mol. The van der Waals surface area contributed by atoms with Gasteiger partial charge in [0, 0.05) is 0 Å². The van der Waals surface area contributed by atoms with E-state index >= 15 is 0 Å². The minimum atomic E-state index is 0.911. The van der Waals surface area contributed by atoms with Crippen LogP contribution in [-0.4, -0.2) is 0 Å². The van der Waals surface area contributed by atoms with Crippen LogP contribution in [0.5, 0.6) is 0 Å². The van der Waals surface area contributed by atoms with Crippen molar-refractivity contribution in [3.8, 4) is 0 Å². The quantitative estimate of drug-likeness (QED) is 0.498. The fourth-order valence-corrected chi connectivity index (χ4v) is 2.15. The Kier molecular flexibility index (Phi) is 8.32. The summed E-state index contributed by atoms with van der Waals surface area (Å²) in [6, 6.07) is 0. The monoisotopic (exact) mass is 198 g/mol. The molecule has 0 aliphatic rings. The lowest BCUT2D eigenvalue weighted by Crippen LogP contribution is -2.09. The number of hydrogen-bond donors (Lipinski definition) is 0. The van der Waals surface area contributed by atoms with Gasteiger partial charge >= 0.3 is 0 Å². The minimum Gasteiger partial charge on any atom is -0.0654 e. The van der Waals surface area contributed by atoms with Gasteiger partial charge in [0.2, 0.25) is 0 Å². The van der Waals surface area contributed by atoms with Gasteiger partial charge < -0.3 is 0 Å². The SMILES string of the molecule is CCCC(CC)CCC(C)C(C)CC. The summed E-state index contributed by atoms with van der Waals surface area (Å²) < 4.78 is 0. The van der Waals surface area contributed by atoms with Crippen LogP contribution in [0.15, 0.2) is 0 Å². The van der Waals surface area contributed by atoms with Crippen LogP contribution < -0.4 is 0 Å². The topological polar surface area (TPSA) is 0 Å². The lowest BCUT2D eigenvalue weighted by atomic mass is 9.85. The van der Waals surface area contributed by atoms with E-state index in [1.54, 1.807) is 0 Å². The van der Waals surface area contributed by atoms with Crippen molar-refractivity contribution in [2.45, 2.75) is 73.1 Å². The lowest BCUT2D eigenvalue weighted by Gasteiger charge is -2.21. The van der Waals surface area contributed by atoms with Crippen molar-refractivity contribution < 1.29 is 0 Å². The molecule has 0 nitrogen and oxygen atoms in total. The number of rotatable bonds is 8. The highest BCUT2D eigenvalue weighted by Crippen LogP contribution is 2.25. The molecule has 0 amide bonds. The van der Waals surface area contributed by atoms with Gasteiger partial charge in [0.1, 0.15) is 0 Å². The molecule has 0 radical (unpaired) electrons. The standard InChI is InChI=1S/C14H30/c1-6-9-14(8-3)11-10-13(5)12(4)7-2/h12-14H,6-11H2,1-5H3. The maximum absolute atomic E-state index is 2.42. The van der Waals surface area contributed by atoms with Crippen molar-refractivity contribution in [3.05, 3.63) is 0 Å². The van der Waals surface area contributed by atoms with E-state index in [0.717, 1.165) is 17.8 Å². The predicted molar refractivity (Wildman–Crippen MR) is 66.5 cm³/mol. The van der Waals surface area contributed by atoms with Crippen LogP contribution in [0, 0.1) is 17.8 Å². The zero-order valence-corrected chi connectivity index (χ0v) is 11.0. The molecule has 0 bridgehead atoms. The molecule has 0 fully saturated rings. The van der Waals surface area contributed by atoms with E-state index in [9.17, 15) is 0 Å². The van der Waals surface area contributed by atoms with Crippen molar-refractivity contribution in [3.63, 3.8) is 0 Å². The largest absolute Gasteiger partial charge is 0.0654 e. The maximum Gasteiger partial charge on any atom is -0.0417 e. The summed E-state index contributed by atoms with van der Waals surface area (Å²) in [5, 5.41) is 0.